The van der Waals surface area contributed by atoms with Crippen molar-refractivity contribution in [2.75, 3.05) is 11.6 Å². The number of rotatable bonds is 1. The molecule has 0 atom stereocenters. The summed E-state index contributed by atoms with van der Waals surface area (Å²) >= 11 is 5.75. The van der Waals surface area contributed by atoms with E-state index in [-0.39, 0.29) is 6.61 Å². The maximum atomic E-state index is 11.4. The Morgan fingerprint density at radius 3 is 2.73 bits per heavy atom. The van der Waals surface area contributed by atoms with Crippen LogP contribution in [-0.2, 0) is 4.74 Å². The largest absolute Gasteiger partial charge is 0.442 e. The summed E-state index contributed by atoms with van der Waals surface area (Å²) in [6, 6.07) is 6.82. The van der Waals surface area contributed by atoms with Crippen LogP contribution in [0.1, 0.15) is 6.92 Å². The highest BCUT2D eigenvalue weighted by atomic mass is 35.5. The van der Waals surface area contributed by atoms with Gasteiger partial charge in [0.2, 0.25) is 0 Å². The molecule has 0 saturated heterocycles. The minimum Gasteiger partial charge on any atom is -0.442 e. The number of nitrogens with zero attached hydrogens (tertiary/aromatic N) is 2. The molecule has 1 aromatic carbocycles. The summed E-state index contributed by atoms with van der Waals surface area (Å²) in [5.74, 6) is 0. The zero-order chi connectivity index (χ0) is 10.8. The van der Waals surface area contributed by atoms with Gasteiger partial charge in [-0.25, -0.2) is 4.79 Å². The molecule has 0 spiro atoms. The normalized spacial score (nSPS) is 16.0. The molecule has 5 heteroatoms. The Labute approximate surface area is 92.1 Å². The van der Waals surface area contributed by atoms with Crippen molar-refractivity contribution in [3.05, 3.63) is 29.3 Å². The maximum Gasteiger partial charge on any atom is 0.435 e. The van der Waals surface area contributed by atoms with E-state index in [2.05, 4.69) is 5.10 Å². The number of ether oxygens (including phenoxy) is 1. The number of hydrogen-bond acceptors (Lipinski definition) is 3. The first kappa shape index (κ1) is 9.98. The molecule has 1 heterocycles. The van der Waals surface area contributed by atoms with Crippen LogP contribution in [0, 0.1) is 0 Å². The Balaban J connectivity index is 2.33. The van der Waals surface area contributed by atoms with E-state index in [0.29, 0.717) is 10.7 Å². The predicted octanol–water partition coefficient (Wildman–Crippen LogP) is 2.67. The second-order valence-corrected chi connectivity index (χ2v) is 3.61. The third kappa shape index (κ3) is 2.10. The second-order valence-electron chi connectivity index (χ2n) is 3.18. The van der Waals surface area contributed by atoms with Crippen LogP contribution in [-0.4, -0.2) is 18.4 Å². The van der Waals surface area contributed by atoms with Gasteiger partial charge < -0.3 is 4.74 Å². The lowest BCUT2D eigenvalue weighted by atomic mass is 10.3. The van der Waals surface area contributed by atoms with E-state index in [4.69, 9.17) is 16.3 Å². The van der Waals surface area contributed by atoms with Gasteiger partial charge in [0.1, 0.15) is 6.61 Å². The van der Waals surface area contributed by atoms with Gasteiger partial charge in [-0.05, 0) is 31.2 Å². The van der Waals surface area contributed by atoms with Gasteiger partial charge in [-0.2, -0.15) is 10.1 Å². The second kappa shape index (κ2) is 3.90. The number of amides is 1. The lowest BCUT2D eigenvalue weighted by Crippen LogP contribution is -2.34. The topological polar surface area (TPSA) is 41.9 Å². The third-order valence-electron chi connectivity index (χ3n) is 1.92. The molecule has 1 aromatic rings. The first-order valence-electron chi connectivity index (χ1n) is 4.43. The van der Waals surface area contributed by atoms with Crippen LogP contribution in [0.4, 0.5) is 10.5 Å². The molecule has 0 bridgehead atoms. The van der Waals surface area contributed by atoms with Gasteiger partial charge in [0.05, 0.1) is 11.4 Å². The van der Waals surface area contributed by atoms with Gasteiger partial charge in [0.15, 0.2) is 0 Å². The quantitative estimate of drug-likeness (QED) is 0.736. The summed E-state index contributed by atoms with van der Waals surface area (Å²) in [5.41, 5.74) is 1.40. The number of carbonyl (C=O) groups excluding carboxylic acids is 1. The Kier molecular flexibility index (Phi) is 2.60. The summed E-state index contributed by atoms with van der Waals surface area (Å²) in [7, 11) is 0. The molecule has 0 saturated carbocycles. The number of cyclic esters (lactones) is 1. The maximum absolute atomic E-state index is 11.4. The summed E-state index contributed by atoms with van der Waals surface area (Å²) in [5, 5.41) is 5.93. The zero-order valence-electron chi connectivity index (χ0n) is 8.11. The first-order valence-corrected chi connectivity index (χ1v) is 4.81. The molecular weight excluding hydrogens is 216 g/mol. The number of hydrogen-bond donors (Lipinski definition) is 0. The standard InChI is InChI=1S/C10H9ClN2O2/c1-7-6-15-10(14)13(12-7)9-4-2-8(11)3-5-9/h2-5H,6H2,1H3. The predicted molar refractivity (Wildman–Crippen MR) is 58.4 cm³/mol. The Morgan fingerprint density at radius 2 is 2.07 bits per heavy atom. The van der Waals surface area contributed by atoms with E-state index in [0.717, 1.165) is 5.71 Å². The van der Waals surface area contributed by atoms with E-state index in [9.17, 15) is 4.79 Å². The van der Waals surface area contributed by atoms with Gasteiger partial charge >= 0.3 is 6.09 Å². The Morgan fingerprint density at radius 1 is 1.40 bits per heavy atom. The molecule has 0 fully saturated rings. The average molecular weight is 225 g/mol. The number of hydrazone groups is 1. The molecule has 2 rings (SSSR count). The van der Waals surface area contributed by atoms with E-state index < -0.39 is 6.09 Å². The molecular formula is C10H9ClN2O2. The fourth-order valence-electron chi connectivity index (χ4n) is 1.21. The minimum absolute atomic E-state index is 0.253. The lowest BCUT2D eigenvalue weighted by Gasteiger charge is -2.21. The molecule has 0 N–H and O–H groups in total. The molecule has 78 valence electrons. The number of benzene rings is 1. The molecule has 1 amide bonds. The minimum atomic E-state index is -0.470. The Hall–Kier alpha value is -1.55. The third-order valence-corrected chi connectivity index (χ3v) is 2.17. The average Bonchev–Trinajstić information content (AvgIpc) is 2.23. The van der Waals surface area contributed by atoms with Crippen LogP contribution in [0.2, 0.25) is 5.02 Å². The summed E-state index contributed by atoms with van der Waals surface area (Å²) < 4.78 is 4.91. The SMILES string of the molecule is CC1=NN(c2ccc(Cl)cc2)C(=O)OC1. The monoisotopic (exact) mass is 224 g/mol. The van der Waals surface area contributed by atoms with Crippen LogP contribution < -0.4 is 5.01 Å². The lowest BCUT2D eigenvalue weighted by molar-refractivity contribution is 0.165. The van der Waals surface area contributed by atoms with Crippen LogP contribution >= 0.6 is 11.6 Å². The summed E-state index contributed by atoms with van der Waals surface area (Å²) in [6.45, 7) is 2.05. The molecule has 0 aromatic heterocycles. The summed E-state index contributed by atoms with van der Waals surface area (Å²) in [6.07, 6.45) is -0.470. The van der Waals surface area contributed by atoms with Crippen LogP contribution in [0.25, 0.3) is 0 Å². The molecule has 0 unspecified atom stereocenters. The van der Waals surface area contributed by atoms with Crippen molar-refractivity contribution in [1.82, 2.24) is 0 Å². The van der Waals surface area contributed by atoms with Crippen molar-refractivity contribution in [3.8, 4) is 0 Å². The van der Waals surface area contributed by atoms with Crippen molar-refractivity contribution in [2.45, 2.75) is 6.92 Å². The highest BCUT2D eigenvalue weighted by molar-refractivity contribution is 6.30. The fourth-order valence-corrected chi connectivity index (χ4v) is 1.34. The molecule has 1 aliphatic heterocycles. The highest BCUT2D eigenvalue weighted by Gasteiger charge is 2.21. The van der Waals surface area contributed by atoms with Crippen molar-refractivity contribution in [2.24, 2.45) is 5.10 Å². The van der Waals surface area contributed by atoms with Gasteiger partial charge in [-0.3, -0.25) is 0 Å². The van der Waals surface area contributed by atoms with Crippen LogP contribution in [0.3, 0.4) is 0 Å². The van der Waals surface area contributed by atoms with Crippen LogP contribution in [0.5, 0.6) is 0 Å². The Bertz CT molecular complexity index is 414. The van der Waals surface area contributed by atoms with E-state index in [1.165, 1.54) is 5.01 Å². The van der Waals surface area contributed by atoms with Gasteiger partial charge in [-0.1, -0.05) is 11.6 Å². The van der Waals surface area contributed by atoms with Crippen molar-refractivity contribution in [3.63, 3.8) is 0 Å². The number of carbonyl (C=O) groups is 1. The van der Waals surface area contributed by atoms with Crippen LogP contribution in [0.15, 0.2) is 29.4 Å². The zero-order valence-corrected chi connectivity index (χ0v) is 8.86. The smallest absolute Gasteiger partial charge is 0.435 e. The number of halogens is 1. The molecule has 1 aliphatic rings. The molecule has 4 nitrogen and oxygen atoms in total. The van der Waals surface area contributed by atoms with E-state index in [1.807, 2.05) is 0 Å². The highest BCUT2D eigenvalue weighted by Crippen LogP contribution is 2.20. The van der Waals surface area contributed by atoms with Gasteiger partial charge in [0.25, 0.3) is 0 Å². The molecule has 0 radical (unpaired) electrons. The first-order chi connectivity index (χ1) is 7.16. The van der Waals surface area contributed by atoms with E-state index >= 15 is 0 Å². The van der Waals surface area contributed by atoms with Crippen molar-refractivity contribution in [1.29, 1.82) is 0 Å². The fraction of sp³-hybridized carbons (Fsp3) is 0.200. The van der Waals surface area contributed by atoms with Gasteiger partial charge in [0, 0.05) is 5.02 Å². The van der Waals surface area contributed by atoms with E-state index in [1.54, 1.807) is 31.2 Å². The molecule has 0 aliphatic carbocycles. The van der Waals surface area contributed by atoms with Gasteiger partial charge in [-0.15, -0.1) is 0 Å². The molecule has 15 heavy (non-hydrogen) atoms. The van der Waals surface area contributed by atoms with Crippen molar-refractivity contribution < 1.29 is 9.53 Å². The summed E-state index contributed by atoms with van der Waals surface area (Å²) in [4.78, 5) is 11.4. The number of anilines is 1. The van der Waals surface area contributed by atoms with Crippen molar-refractivity contribution >= 4 is 29.1 Å².